The van der Waals surface area contributed by atoms with E-state index in [0.29, 0.717) is 0 Å². The van der Waals surface area contributed by atoms with E-state index in [1.807, 2.05) is 23.0 Å². The molecule has 2 atom stereocenters. The molecule has 0 bridgehead atoms. The zero-order valence-electron chi connectivity index (χ0n) is 15.9. The second kappa shape index (κ2) is 6.77. The van der Waals surface area contributed by atoms with Crippen LogP contribution in [0.1, 0.15) is 48.6 Å². The maximum atomic E-state index is 5.69. The number of aryl methyl sites for hydroxylation is 1. The Bertz CT molecular complexity index is 946. The van der Waals surface area contributed by atoms with Crippen LogP contribution in [0.25, 0.3) is 0 Å². The molecule has 0 saturated carbocycles. The van der Waals surface area contributed by atoms with Crippen LogP contribution < -0.4 is 5.32 Å². The molecule has 140 valence electrons. The van der Waals surface area contributed by atoms with E-state index in [1.54, 1.807) is 12.7 Å². The Labute approximate surface area is 164 Å². The molecule has 0 spiro atoms. The van der Waals surface area contributed by atoms with E-state index in [2.05, 4.69) is 69.9 Å². The lowest BCUT2D eigenvalue weighted by Crippen LogP contribution is -2.35. The molecule has 0 aliphatic carbocycles. The van der Waals surface area contributed by atoms with E-state index in [9.17, 15) is 0 Å². The highest BCUT2D eigenvalue weighted by Gasteiger charge is 2.42. The standard InChI is InChI=1S/C19H23N7S/c1-12(2)25-18(17(23-19(25)27)16-7-5-6-8-20-16)15-9-13(3)26(14(15)4)24-10-21-22-11-24/h5-12,17-18H,1-4H3,(H,23,27). The second-order valence-corrected chi connectivity index (χ2v) is 7.49. The molecule has 3 aromatic heterocycles. The monoisotopic (exact) mass is 381 g/mol. The van der Waals surface area contributed by atoms with Crippen molar-refractivity contribution in [2.75, 3.05) is 0 Å². The Kier molecular flexibility index (Phi) is 4.43. The maximum absolute atomic E-state index is 5.69. The van der Waals surface area contributed by atoms with Crippen LogP contribution in [0.3, 0.4) is 0 Å². The lowest BCUT2D eigenvalue weighted by Gasteiger charge is -2.31. The summed E-state index contributed by atoms with van der Waals surface area (Å²) in [5, 5.41) is 12.1. The number of hydrogen-bond donors (Lipinski definition) is 1. The van der Waals surface area contributed by atoms with Crippen LogP contribution in [-0.2, 0) is 0 Å². The smallest absolute Gasteiger partial charge is 0.170 e. The highest BCUT2D eigenvalue weighted by molar-refractivity contribution is 7.80. The number of thiocarbonyl (C=S) groups is 1. The van der Waals surface area contributed by atoms with Gasteiger partial charge < -0.3 is 10.2 Å². The number of hydrogen-bond acceptors (Lipinski definition) is 4. The summed E-state index contributed by atoms with van der Waals surface area (Å²) in [4.78, 5) is 6.86. The fraction of sp³-hybridized carbons (Fsp3) is 0.368. The van der Waals surface area contributed by atoms with Crippen LogP contribution in [0.5, 0.6) is 0 Å². The third-order valence-electron chi connectivity index (χ3n) is 5.08. The lowest BCUT2D eigenvalue weighted by molar-refractivity contribution is 0.268. The summed E-state index contributed by atoms with van der Waals surface area (Å²) in [6.07, 6.45) is 5.24. The summed E-state index contributed by atoms with van der Waals surface area (Å²) < 4.78 is 4.01. The fourth-order valence-corrected chi connectivity index (χ4v) is 4.44. The first-order valence-corrected chi connectivity index (χ1v) is 9.43. The first-order valence-electron chi connectivity index (χ1n) is 9.03. The molecule has 27 heavy (non-hydrogen) atoms. The van der Waals surface area contributed by atoms with Crippen LogP contribution in [0.15, 0.2) is 43.1 Å². The van der Waals surface area contributed by atoms with Gasteiger partial charge in [0.05, 0.1) is 17.8 Å². The Morgan fingerprint density at radius 2 is 1.89 bits per heavy atom. The molecule has 0 amide bonds. The van der Waals surface area contributed by atoms with Gasteiger partial charge in [-0.05, 0) is 58.1 Å². The van der Waals surface area contributed by atoms with E-state index in [-0.39, 0.29) is 18.1 Å². The predicted molar refractivity (Wildman–Crippen MR) is 107 cm³/mol. The molecule has 3 aromatic rings. The van der Waals surface area contributed by atoms with Crippen molar-refractivity contribution < 1.29 is 0 Å². The summed E-state index contributed by atoms with van der Waals surface area (Å²) >= 11 is 5.69. The van der Waals surface area contributed by atoms with E-state index >= 15 is 0 Å². The average molecular weight is 382 g/mol. The van der Waals surface area contributed by atoms with Crippen molar-refractivity contribution in [3.63, 3.8) is 0 Å². The largest absolute Gasteiger partial charge is 0.352 e. The number of nitrogens with zero attached hydrogens (tertiary/aromatic N) is 6. The minimum atomic E-state index is -0.00374. The zero-order valence-corrected chi connectivity index (χ0v) is 16.7. The van der Waals surface area contributed by atoms with Gasteiger partial charge in [-0.2, -0.15) is 0 Å². The van der Waals surface area contributed by atoms with Gasteiger partial charge in [0.15, 0.2) is 5.11 Å². The predicted octanol–water partition coefficient (Wildman–Crippen LogP) is 2.78. The fourth-order valence-electron chi connectivity index (χ4n) is 3.98. The summed E-state index contributed by atoms with van der Waals surface area (Å²) in [6.45, 7) is 8.55. The van der Waals surface area contributed by atoms with Crippen molar-refractivity contribution in [3.8, 4) is 0 Å². The molecule has 4 heterocycles. The minimum absolute atomic E-state index is 0.00374. The number of rotatable bonds is 4. The molecular formula is C19H23N7S. The van der Waals surface area contributed by atoms with Gasteiger partial charge in [0.2, 0.25) is 0 Å². The molecule has 1 fully saturated rings. The van der Waals surface area contributed by atoms with Crippen molar-refractivity contribution in [2.45, 2.75) is 45.8 Å². The molecular weight excluding hydrogens is 358 g/mol. The summed E-state index contributed by atoms with van der Waals surface area (Å²) in [5.41, 5.74) is 4.46. The molecule has 2 unspecified atom stereocenters. The van der Waals surface area contributed by atoms with Gasteiger partial charge in [-0.25, -0.2) is 4.68 Å². The highest BCUT2D eigenvalue weighted by Crippen LogP contribution is 2.41. The molecule has 7 nitrogen and oxygen atoms in total. The average Bonchev–Trinajstić information content (AvgIpc) is 3.34. The zero-order chi connectivity index (χ0) is 19.1. The molecule has 0 aromatic carbocycles. The van der Waals surface area contributed by atoms with E-state index in [0.717, 1.165) is 22.2 Å². The Morgan fingerprint density at radius 3 is 2.52 bits per heavy atom. The van der Waals surface area contributed by atoms with Crippen molar-refractivity contribution in [1.29, 1.82) is 0 Å². The van der Waals surface area contributed by atoms with Gasteiger partial charge in [-0.1, -0.05) is 6.07 Å². The topological polar surface area (TPSA) is 63.8 Å². The summed E-state index contributed by atoms with van der Waals surface area (Å²) in [7, 11) is 0. The summed E-state index contributed by atoms with van der Waals surface area (Å²) in [6, 6.07) is 8.55. The molecule has 1 aliphatic rings. The molecule has 1 N–H and O–H groups in total. The number of aromatic nitrogens is 5. The highest BCUT2D eigenvalue weighted by atomic mass is 32.1. The maximum Gasteiger partial charge on any atom is 0.170 e. The van der Waals surface area contributed by atoms with Crippen molar-refractivity contribution in [3.05, 3.63) is 65.8 Å². The first-order chi connectivity index (χ1) is 13.0. The summed E-state index contributed by atoms with van der Waals surface area (Å²) in [5.74, 6) is 0. The van der Waals surface area contributed by atoms with Gasteiger partial charge >= 0.3 is 0 Å². The van der Waals surface area contributed by atoms with Crippen LogP contribution >= 0.6 is 12.2 Å². The van der Waals surface area contributed by atoms with Crippen LogP contribution in [0.2, 0.25) is 0 Å². The van der Waals surface area contributed by atoms with Crippen LogP contribution in [0, 0.1) is 13.8 Å². The van der Waals surface area contributed by atoms with Crippen LogP contribution in [-0.4, -0.2) is 40.6 Å². The Morgan fingerprint density at radius 1 is 1.15 bits per heavy atom. The lowest BCUT2D eigenvalue weighted by atomic mass is 9.96. The Balaban J connectivity index is 1.86. The minimum Gasteiger partial charge on any atom is -0.352 e. The van der Waals surface area contributed by atoms with Crippen molar-refractivity contribution in [2.24, 2.45) is 0 Å². The number of nitrogens with one attached hydrogen (secondary N) is 1. The first kappa shape index (κ1) is 17.7. The SMILES string of the molecule is Cc1cc(C2C(c3ccccn3)NC(=S)N2C(C)C)c(C)n1-n1cnnc1. The van der Waals surface area contributed by atoms with Crippen molar-refractivity contribution >= 4 is 17.3 Å². The van der Waals surface area contributed by atoms with Gasteiger partial charge in [0.1, 0.15) is 12.7 Å². The number of pyridine rings is 1. The molecule has 4 rings (SSSR count). The second-order valence-electron chi connectivity index (χ2n) is 7.11. The van der Waals surface area contributed by atoms with Gasteiger partial charge in [0, 0.05) is 29.2 Å². The third kappa shape index (κ3) is 2.90. The van der Waals surface area contributed by atoms with E-state index in [1.165, 1.54) is 5.56 Å². The van der Waals surface area contributed by atoms with Gasteiger partial charge in [0.25, 0.3) is 0 Å². The van der Waals surface area contributed by atoms with E-state index < -0.39 is 0 Å². The Hall–Kier alpha value is -2.74. The molecule has 8 heteroatoms. The molecule has 1 aliphatic heterocycles. The molecule has 1 saturated heterocycles. The normalized spacial score (nSPS) is 19.7. The quantitative estimate of drug-likeness (QED) is 0.701. The van der Waals surface area contributed by atoms with Gasteiger partial charge in [-0.3, -0.25) is 9.66 Å². The van der Waals surface area contributed by atoms with Gasteiger partial charge in [-0.15, -0.1) is 10.2 Å². The van der Waals surface area contributed by atoms with Crippen LogP contribution in [0.4, 0.5) is 0 Å². The molecule has 0 radical (unpaired) electrons. The third-order valence-corrected chi connectivity index (χ3v) is 5.41. The van der Waals surface area contributed by atoms with Crippen molar-refractivity contribution in [1.82, 2.24) is 34.8 Å². The van der Waals surface area contributed by atoms with E-state index in [4.69, 9.17) is 12.2 Å².